The van der Waals surface area contributed by atoms with Gasteiger partial charge in [0.15, 0.2) is 11.0 Å². The molecular formula is C26H21ClN6O4S. The number of amides is 1. The Hall–Kier alpha value is -4.48. The van der Waals surface area contributed by atoms with E-state index < -0.39 is 4.92 Å². The van der Waals surface area contributed by atoms with Gasteiger partial charge < -0.3 is 4.74 Å². The number of aromatic nitrogens is 3. The molecule has 10 nitrogen and oxygen atoms in total. The number of halogens is 1. The molecule has 0 radical (unpaired) electrons. The van der Waals surface area contributed by atoms with E-state index in [0.29, 0.717) is 21.6 Å². The number of thioether (sulfide) groups is 1. The number of benzene rings is 3. The zero-order valence-electron chi connectivity index (χ0n) is 20.0. The van der Waals surface area contributed by atoms with Gasteiger partial charge in [-0.15, -0.1) is 10.2 Å². The molecule has 0 atom stereocenters. The van der Waals surface area contributed by atoms with Crippen molar-refractivity contribution in [3.63, 3.8) is 0 Å². The van der Waals surface area contributed by atoms with E-state index >= 15 is 0 Å². The summed E-state index contributed by atoms with van der Waals surface area (Å²) in [7, 11) is 1.60. The lowest BCUT2D eigenvalue weighted by molar-refractivity contribution is -0.385. The van der Waals surface area contributed by atoms with Crippen molar-refractivity contribution in [2.45, 2.75) is 5.16 Å². The molecular weight excluding hydrogens is 528 g/mol. The first kappa shape index (κ1) is 26.6. The van der Waals surface area contributed by atoms with Crippen LogP contribution in [0.15, 0.2) is 89.1 Å². The fraction of sp³-hybridized carbons (Fsp3) is 0.0769. The number of rotatable bonds is 10. The number of para-hydroxylation sites is 1. The Bertz CT molecular complexity index is 1490. The minimum absolute atomic E-state index is 0.0172. The van der Waals surface area contributed by atoms with Crippen molar-refractivity contribution in [2.75, 3.05) is 12.9 Å². The standard InChI is InChI=1S/C26H21ClN6O4S/c1-37-22-14-8-19(9-15-22)25-30-31-26(32(25)21-12-10-20(27)11-13-21)38-17-24(34)29-28-16-4-6-18-5-2-3-7-23(18)33(35)36/h2-16H,17H2,1H3,(H,29,34)/b6-4-,28-16-. The van der Waals surface area contributed by atoms with Gasteiger partial charge in [-0.2, -0.15) is 5.10 Å². The summed E-state index contributed by atoms with van der Waals surface area (Å²) in [6.45, 7) is 0. The van der Waals surface area contributed by atoms with Gasteiger partial charge in [0, 0.05) is 28.6 Å². The molecule has 0 aliphatic rings. The lowest BCUT2D eigenvalue weighted by Crippen LogP contribution is -2.19. The van der Waals surface area contributed by atoms with Gasteiger partial charge in [-0.1, -0.05) is 35.5 Å². The van der Waals surface area contributed by atoms with Crippen molar-refractivity contribution < 1.29 is 14.5 Å². The third-order valence-electron chi connectivity index (χ3n) is 5.16. The summed E-state index contributed by atoms with van der Waals surface area (Å²) >= 11 is 7.27. The van der Waals surface area contributed by atoms with Crippen LogP contribution in [-0.2, 0) is 4.79 Å². The molecule has 1 N–H and O–H groups in total. The molecule has 0 spiro atoms. The number of hydrogen-bond acceptors (Lipinski definition) is 8. The average Bonchev–Trinajstić information content (AvgIpc) is 3.36. The molecule has 12 heteroatoms. The summed E-state index contributed by atoms with van der Waals surface area (Å²) < 4.78 is 7.08. The number of nitro benzene ring substituents is 1. The van der Waals surface area contributed by atoms with E-state index in [1.54, 1.807) is 37.4 Å². The van der Waals surface area contributed by atoms with Gasteiger partial charge in [0.05, 0.1) is 23.3 Å². The molecule has 192 valence electrons. The van der Waals surface area contributed by atoms with Crippen molar-refractivity contribution in [1.82, 2.24) is 20.2 Å². The Labute approximate surface area is 227 Å². The SMILES string of the molecule is COc1ccc(-c2nnc(SCC(=O)N/N=C\C=C/c3ccccc3[N+](=O)[O-])n2-c2ccc(Cl)cc2)cc1. The number of hydrogen-bond donors (Lipinski definition) is 1. The molecule has 0 fully saturated rings. The van der Waals surface area contributed by atoms with Gasteiger partial charge in [-0.3, -0.25) is 19.5 Å². The number of ether oxygens (including phenoxy) is 1. The van der Waals surface area contributed by atoms with Gasteiger partial charge >= 0.3 is 0 Å². The lowest BCUT2D eigenvalue weighted by atomic mass is 10.2. The predicted molar refractivity (Wildman–Crippen MR) is 148 cm³/mol. The van der Waals surface area contributed by atoms with Crippen LogP contribution in [0.5, 0.6) is 5.75 Å². The minimum Gasteiger partial charge on any atom is -0.497 e. The van der Waals surface area contributed by atoms with Crippen LogP contribution in [0.25, 0.3) is 23.2 Å². The molecule has 0 unspecified atom stereocenters. The fourth-order valence-corrected chi connectivity index (χ4v) is 4.24. The minimum atomic E-state index is -0.460. The molecule has 38 heavy (non-hydrogen) atoms. The van der Waals surface area contributed by atoms with E-state index in [1.165, 1.54) is 36.2 Å². The summed E-state index contributed by atoms with van der Waals surface area (Å²) in [6, 6.07) is 21.0. The van der Waals surface area contributed by atoms with Gasteiger partial charge in [-0.05, 0) is 66.7 Å². The number of allylic oxidation sites excluding steroid dienone is 1. The summed E-state index contributed by atoms with van der Waals surface area (Å²) in [5.41, 5.74) is 4.45. The van der Waals surface area contributed by atoms with Crippen molar-refractivity contribution >= 4 is 47.2 Å². The number of carbonyl (C=O) groups excluding carboxylic acids is 1. The van der Waals surface area contributed by atoms with Crippen LogP contribution in [-0.4, -0.2) is 44.7 Å². The number of nitrogens with one attached hydrogen (secondary N) is 1. The normalized spacial score (nSPS) is 11.2. The highest BCUT2D eigenvalue weighted by atomic mass is 35.5. The molecule has 0 saturated heterocycles. The maximum atomic E-state index is 12.4. The molecule has 4 rings (SSSR count). The van der Waals surface area contributed by atoms with Crippen molar-refractivity contribution in [1.29, 1.82) is 0 Å². The van der Waals surface area contributed by atoms with Crippen LogP contribution in [0.3, 0.4) is 0 Å². The van der Waals surface area contributed by atoms with Crippen LogP contribution in [0.2, 0.25) is 5.02 Å². The summed E-state index contributed by atoms with van der Waals surface area (Å²) in [6.07, 6.45) is 4.39. The van der Waals surface area contributed by atoms with Gasteiger partial charge in [0.1, 0.15) is 5.75 Å². The van der Waals surface area contributed by atoms with E-state index in [-0.39, 0.29) is 17.3 Å². The maximum Gasteiger partial charge on any atom is 0.276 e. The molecule has 1 heterocycles. The number of carbonyl (C=O) groups is 1. The van der Waals surface area contributed by atoms with Crippen LogP contribution in [0, 0.1) is 10.1 Å². The van der Waals surface area contributed by atoms with E-state index in [4.69, 9.17) is 16.3 Å². The lowest BCUT2D eigenvalue weighted by Gasteiger charge is -2.11. The van der Waals surface area contributed by atoms with E-state index in [1.807, 2.05) is 41.0 Å². The van der Waals surface area contributed by atoms with E-state index in [2.05, 4.69) is 20.7 Å². The topological polar surface area (TPSA) is 125 Å². The third-order valence-corrected chi connectivity index (χ3v) is 6.34. The highest BCUT2D eigenvalue weighted by Gasteiger charge is 2.17. The first-order valence-corrected chi connectivity index (χ1v) is 12.5. The van der Waals surface area contributed by atoms with Crippen LogP contribution >= 0.6 is 23.4 Å². The molecule has 0 aliphatic heterocycles. The predicted octanol–water partition coefficient (Wildman–Crippen LogP) is 5.41. The van der Waals surface area contributed by atoms with Crippen LogP contribution in [0.1, 0.15) is 5.56 Å². The molecule has 4 aromatic rings. The largest absolute Gasteiger partial charge is 0.497 e. The fourth-order valence-electron chi connectivity index (χ4n) is 3.37. The van der Waals surface area contributed by atoms with Gasteiger partial charge in [0.2, 0.25) is 0 Å². The Morgan fingerprint density at radius 3 is 2.58 bits per heavy atom. The Balaban J connectivity index is 1.44. The van der Waals surface area contributed by atoms with Crippen LogP contribution < -0.4 is 10.2 Å². The van der Waals surface area contributed by atoms with E-state index in [9.17, 15) is 14.9 Å². The summed E-state index contributed by atoms with van der Waals surface area (Å²) in [5, 5.41) is 24.7. The second-order valence-corrected chi connectivity index (χ2v) is 9.00. The highest BCUT2D eigenvalue weighted by molar-refractivity contribution is 7.99. The third kappa shape index (κ3) is 6.64. The molecule has 1 amide bonds. The highest BCUT2D eigenvalue weighted by Crippen LogP contribution is 2.29. The Morgan fingerprint density at radius 2 is 1.87 bits per heavy atom. The first-order valence-electron chi connectivity index (χ1n) is 11.2. The van der Waals surface area contributed by atoms with Crippen LogP contribution in [0.4, 0.5) is 5.69 Å². The zero-order chi connectivity index (χ0) is 26.9. The monoisotopic (exact) mass is 548 g/mol. The van der Waals surface area contributed by atoms with Gasteiger partial charge in [0.25, 0.3) is 11.6 Å². The summed E-state index contributed by atoms with van der Waals surface area (Å²) in [5.74, 6) is 0.979. The summed E-state index contributed by atoms with van der Waals surface area (Å²) in [4.78, 5) is 23.0. The average molecular weight is 549 g/mol. The quantitative estimate of drug-likeness (QED) is 0.121. The molecule has 1 aromatic heterocycles. The van der Waals surface area contributed by atoms with E-state index in [0.717, 1.165) is 17.0 Å². The molecule has 3 aromatic carbocycles. The van der Waals surface area contributed by atoms with Crippen molar-refractivity contribution in [2.24, 2.45) is 5.10 Å². The van der Waals surface area contributed by atoms with Crippen molar-refractivity contribution in [3.8, 4) is 22.8 Å². The maximum absolute atomic E-state index is 12.4. The Kier molecular flexibility index (Phi) is 8.85. The first-order chi connectivity index (χ1) is 18.5. The number of methoxy groups -OCH3 is 1. The molecule has 0 saturated carbocycles. The second kappa shape index (κ2) is 12.7. The molecule has 0 aliphatic carbocycles. The number of hydrazone groups is 1. The smallest absolute Gasteiger partial charge is 0.276 e. The second-order valence-electron chi connectivity index (χ2n) is 7.62. The van der Waals surface area contributed by atoms with Crippen molar-refractivity contribution in [3.05, 3.63) is 99.6 Å². The molecule has 0 bridgehead atoms. The number of nitrogens with zero attached hydrogens (tertiary/aromatic N) is 5. The zero-order valence-corrected chi connectivity index (χ0v) is 21.6. The Morgan fingerprint density at radius 1 is 1.13 bits per heavy atom. The number of nitro groups is 1. The van der Waals surface area contributed by atoms with Gasteiger partial charge in [-0.25, -0.2) is 5.43 Å².